The Hall–Kier alpha value is -1.04. The summed E-state index contributed by atoms with van der Waals surface area (Å²) in [5, 5.41) is 83.3. The minimum atomic E-state index is -5.52. The summed E-state index contributed by atoms with van der Waals surface area (Å²) in [4.78, 5) is 12.2. The van der Waals surface area contributed by atoms with Gasteiger partial charge in [0.05, 0.1) is 19.3 Å². The molecule has 2 saturated heterocycles. The Balaban J connectivity index is 2.43. The van der Waals surface area contributed by atoms with E-state index in [-0.39, 0.29) is 18.7 Å². The molecule has 0 spiro atoms. The van der Waals surface area contributed by atoms with E-state index in [1.165, 1.54) is 6.92 Å². The number of methoxy groups -OCH3 is 1. The van der Waals surface area contributed by atoms with Crippen LogP contribution in [0.2, 0.25) is 0 Å². The maximum Gasteiger partial charge on any atom is 0.397 e. The molecule has 2 rings (SSSR count). The molecule has 2 heterocycles. The number of carboxylic acids is 1. The highest BCUT2D eigenvalue weighted by molar-refractivity contribution is 7.89. The van der Waals surface area contributed by atoms with Crippen LogP contribution >= 0.6 is 12.3 Å². The Morgan fingerprint density at radius 3 is 2.08 bits per heavy atom. The van der Waals surface area contributed by atoms with Gasteiger partial charge in [-0.2, -0.15) is 21.6 Å². The summed E-state index contributed by atoms with van der Waals surface area (Å²) in [6.45, 7) is -0.275. The Morgan fingerprint density at radius 1 is 0.938 bits per heavy atom. The monoisotopic (exact) mass is 771 g/mol. The molecule has 0 radical (unpaired) electrons. The summed E-state index contributed by atoms with van der Waals surface area (Å²) in [7, 11) is -9.68. The van der Waals surface area contributed by atoms with Crippen LogP contribution in [0.15, 0.2) is 0 Å². The van der Waals surface area contributed by atoms with E-state index in [1.807, 2.05) is 0 Å². The minimum Gasteiger partial charge on any atom is -0.479 e. The highest BCUT2D eigenvalue weighted by Crippen LogP contribution is 2.33. The van der Waals surface area contributed by atoms with Gasteiger partial charge in [0, 0.05) is 7.11 Å². The van der Waals surface area contributed by atoms with E-state index in [1.54, 1.807) is 4.72 Å². The fraction of sp³-hybridized carbons (Fsp3) is 0.950. The van der Waals surface area contributed by atoms with Crippen LogP contribution in [-0.4, -0.2) is 179 Å². The van der Waals surface area contributed by atoms with Gasteiger partial charge in [-0.1, -0.05) is 12.0 Å². The first kappa shape index (κ1) is 43.1. The van der Waals surface area contributed by atoms with Crippen molar-refractivity contribution in [3.8, 4) is 0 Å². The maximum absolute atomic E-state index is 12.2. The predicted molar refractivity (Wildman–Crippen MR) is 146 cm³/mol. The topological polar surface area (TPSA) is 383 Å². The lowest BCUT2D eigenvalue weighted by Crippen LogP contribution is -2.68. The number of rotatable bonds is 20. The number of aliphatic hydroxyl groups is 6. The van der Waals surface area contributed by atoms with Crippen LogP contribution in [0.4, 0.5) is 0 Å². The molecule has 0 aromatic rings. The second kappa shape index (κ2) is 19.0. The molecular formula is C20H37NO24S3. The van der Waals surface area contributed by atoms with Crippen molar-refractivity contribution in [1.82, 2.24) is 4.72 Å². The Bertz CT molecular complexity index is 1210. The predicted octanol–water partition coefficient (Wildman–Crippen LogP) is -5.54. The third kappa shape index (κ3) is 12.3. The number of nitrogens with one attached hydrogen (secondary N) is 1. The molecule has 0 bridgehead atoms. The van der Waals surface area contributed by atoms with E-state index in [9.17, 15) is 66.5 Å². The van der Waals surface area contributed by atoms with Crippen LogP contribution in [0.25, 0.3) is 0 Å². The van der Waals surface area contributed by atoms with Crippen molar-refractivity contribution in [3.63, 3.8) is 0 Å². The van der Waals surface area contributed by atoms with Crippen molar-refractivity contribution in [2.24, 2.45) is 0 Å². The summed E-state index contributed by atoms with van der Waals surface area (Å²) in [6, 6.07) is -2.07. The molecule has 2 aliphatic heterocycles. The van der Waals surface area contributed by atoms with Crippen molar-refractivity contribution in [2.45, 2.75) is 99.1 Å². The lowest BCUT2D eigenvalue weighted by atomic mass is 9.95. The van der Waals surface area contributed by atoms with Gasteiger partial charge in [-0.25, -0.2) is 14.2 Å². The summed E-state index contributed by atoms with van der Waals surface area (Å²) >= 11 is 0.0408. The van der Waals surface area contributed by atoms with Crippen LogP contribution in [0.3, 0.4) is 0 Å². The third-order valence-corrected chi connectivity index (χ3v) is 8.23. The lowest BCUT2D eigenvalue weighted by Gasteiger charge is -2.47. The molecule has 28 heteroatoms. The average Bonchev–Trinajstić information content (AvgIpc) is 2.99. The van der Waals surface area contributed by atoms with Crippen LogP contribution in [-0.2, 0) is 66.9 Å². The van der Waals surface area contributed by atoms with Crippen LogP contribution < -0.4 is 4.72 Å². The molecular weight excluding hydrogens is 734 g/mol. The molecule has 0 amide bonds. The number of ether oxygens (including phenoxy) is 5. The second-order valence-corrected chi connectivity index (χ2v) is 12.8. The van der Waals surface area contributed by atoms with Gasteiger partial charge >= 0.3 is 26.7 Å². The highest BCUT2D eigenvalue weighted by atomic mass is 32.3. The maximum atomic E-state index is 12.2. The molecule has 284 valence electrons. The fourth-order valence-electron chi connectivity index (χ4n) is 4.58. The van der Waals surface area contributed by atoms with Crippen LogP contribution in [0.1, 0.15) is 13.3 Å². The molecule has 48 heavy (non-hydrogen) atoms. The Labute approximate surface area is 276 Å². The van der Waals surface area contributed by atoms with Gasteiger partial charge in [-0.15, -0.1) is 4.33 Å². The first-order valence-corrected chi connectivity index (χ1v) is 16.8. The summed E-state index contributed by atoms with van der Waals surface area (Å²) < 4.78 is 107. The van der Waals surface area contributed by atoms with Gasteiger partial charge in [0.15, 0.2) is 37.1 Å². The molecule has 2 fully saturated rings. The van der Waals surface area contributed by atoms with Gasteiger partial charge in [-0.3, -0.25) is 13.3 Å². The normalized spacial score (nSPS) is 34.3. The molecule has 6 unspecified atom stereocenters. The molecule has 0 aliphatic carbocycles. The van der Waals surface area contributed by atoms with Gasteiger partial charge in [0.25, 0.3) is 0 Å². The molecule has 25 nitrogen and oxygen atoms in total. The quantitative estimate of drug-likeness (QED) is 0.0181. The molecule has 0 aromatic heterocycles. The lowest BCUT2D eigenvalue weighted by molar-refractivity contribution is -0.434. The SMILES string of the molecule is CCC(O)[C@@H](O)[C@@H](O)C(O)CO[C@@H]1OC(C(=O)O)[C@H](O[C@@H]2OC(COSOOO)[C@H](OC)[C@H](O)C2NS(=O)(=O)O)[C@H](O)C1OS(=O)(=O)O. The highest BCUT2D eigenvalue weighted by Gasteiger charge is 2.56. The third-order valence-electron chi connectivity index (χ3n) is 6.84. The fourth-order valence-corrected chi connectivity index (χ4v) is 5.92. The molecule has 0 saturated carbocycles. The first-order valence-electron chi connectivity index (χ1n) is 13.3. The number of carbonyl (C=O) groups is 1. The largest absolute Gasteiger partial charge is 0.479 e. The average molecular weight is 772 g/mol. The van der Waals surface area contributed by atoms with Gasteiger partial charge in [-0.05, 0) is 6.42 Å². The van der Waals surface area contributed by atoms with Gasteiger partial charge in [0.2, 0.25) is 0 Å². The van der Waals surface area contributed by atoms with Crippen molar-refractivity contribution in [3.05, 3.63) is 0 Å². The number of aliphatic hydroxyl groups excluding tert-OH is 6. The van der Waals surface area contributed by atoms with Gasteiger partial charge < -0.3 is 59.4 Å². The number of hydrogen-bond acceptors (Lipinski definition) is 22. The Morgan fingerprint density at radius 2 is 1.56 bits per heavy atom. The number of carboxylic acid groups (broad SMARTS) is 1. The van der Waals surface area contributed by atoms with E-state index < -0.39 is 126 Å². The summed E-state index contributed by atoms with van der Waals surface area (Å²) in [5.74, 6) is -1.96. The zero-order valence-corrected chi connectivity index (χ0v) is 27.1. The van der Waals surface area contributed by atoms with E-state index in [4.69, 9.17) is 33.1 Å². The summed E-state index contributed by atoms with van der Waals surface area (Å²) in [5.41, 5.74) is 0. The van der Waals surface area contributed by atoms with Crippen molar-refractivity contribution in [2.75, 3.05) is 20.3 Å². The zero-order valence-electron chi connectivity index (χ0n) is 24.6. The molecule has 2 aliphatic rings. The van der Waals surface area contributed by atoms with Crippen molar-refractivity contribution < 1.29 is 113 Å². The second-order valence-electron chi connectivity index (χ2n) is 10.0. The number of hydrogen-bond donors (Lipinski definition) is 11. The van der Waals surface area contributed by atoms with Crippen molar-refractivity contribution in [1.29, 1.82) is 0 Å². The van der Waals surface area contributed by atoms with Crippen LogP contribution in [0, 0.1) is 0 Å². The first-order chi connectivity index (χ1) is 22.3. The summed E-state index contributed by atoms with van der Waals surface area (Å²) in [6.07, 6.45) is -26.8. The van der Waals surface area contributed by atoms with E-state index in [2.05, 4.69) is 13.6 Å². The standard InChI is InChI=1S/C20H37NO24S3/c1-3-6(22)10(24)11(25)7(23)4-38-20-16(43-48(34,35)36)13(27)15(17(42-20)18(28)29)41-19-9(21-47(31,32)33)12(26)14(37-2)8(40-19)5-39-46-45-44-30/h6-17,19-27,30H,3-5H2,1-2H3,(H,28,29)(H,31,32,33)(H,34,35,36)/t6?,7?,8?,9?,10-,11+,12-,13+,14+,15-,16?,17?,19+,20-/m1/s1. The Kier molecular flexibility index (Phi) is 17.1. The van der Waals surface area contributed by atoms with Gasteiger partial charge in [0.1, 0.15) is 54.9 Å². The van der Waals surface area contributed by atoms with E-state index in [0.717, 1.165) is 7.11 Å². The number of aliphatic carboxylic acids is 1. The van der Waals surface area contributed by atoms with Crippen molar-refractivity contribution >= 4 is 39.0 Å². The van der Waals surface area contributed by atoms with Crippen LogP contribution in [0.5, 0.6) is 0 Å². The smallest absolute Gasteiger partial charge is 0.397 e. The molecule has 11 N–H and O–H groups in total. The molecule has 0 aromatic carbocycles. The zero-order chi connectivity index (χ0) is 36.6. The minimum absolute atomic E-state index is 0.0408. The molecule has 14 atom stereocenters. The van der Waals surface area contributed by atoms with E-state index in [0.29, 0.717) is 0 Å². The van der Waals surface area contributed by atoms with E-state index >= 15 is 0 Å².